The lowest BCUT2D eigenvalue weighted by atomic mass is 9.80. The third-order valence-corrected chi connectivity index (χ3v) is 3.81. The van der Waals surface area contributed by atoms with Gasteiger partial charge in [-0.1, -0.05) is 26.2 Å². The molecule has 1 atom stereocenters. The van der Waals surface area contributed by atoms with Crippen LogP contribution in [0, 0.1) is 5.92 Å². The molecule has 0 amide bonds. The van der Waals surface area contributed by atoms with E-state index in [0.717, 1.165) is 18.2 Å². The van der Waals surface area contributed by atoms with E-state index in [4.69, 9.17) is 4.74 Å². The van der Waals surface area contributed by atoms with Crippen LogP contribution in [0.3, 0.4) is 0 Å². The maximum Gasteiger partial charge on any atom is 0.137 e. The molecule has 3 heteroatoms. The lowest BCUT2D eigenvalue weighted by Gasteiger charge is -2.30. The van der Waals surface area contributed by atoms with Crippen molar-refractivity contribution >= 4 is 0 Å². The van der Waals surface area contributed by atoms with Crippen molar-refractivity contribution in [1.82, 2.24) is 10.3 Å². The molecule has 1 aliphatic rings. The van der Waals surface area contributed by atoms with E-state index in [1.54, 1.807) is 13.3 Å². The molecule has 0 radical (unpaired) electrons. The monoisotopic (exact) mass is 248 g/mol. The van der Waals surface area contributed by atoms with Crippen molar-refractivity contribution < 1.29 is 4.74 Å². The van der Waals surface area contributed by atoms with Gasteiger partial charge in [0, 0.05) is 12.2 Å². The highest BCUT2D eigenvalue weighted by Gasteiger charge is 2.23. The minimum atomic E-state index is 0.429. The molecule has 1 saturated carbocycles. The topological polar surface area (TPSA) is 34.2 Å². The van der Waals surface area contributed by atoms with Gasteiger partial charge in [-0.15, -0.1) is 0 Å². The van der Waals surface area contributed by atoms with Gasteiger partial charge in [-0.3, -0.25) is 4.98 Å². The van der Waals surface area contributed by atoms with Gasteiger partial charge in [0.25, 0.3) is 0 Å². The van der Waals surface area contributed by atoms with Crippen LogP contribution < -0.4 is 10.1 Å². The maximum atomic E-state index is 5.26. The first kappa shape index (κ1) is 13.3. The Balaban J connectivity index is 2.04. The van der Waals surface area contributed by atoms with Crippen molar-refractivity contribution in [2.45, 2.75) is 45.1 Å². The summed E-state index contributed by atoms with van der Waals surface area (Å²) in [5.41, 5.74) is 1.26. The van der Waals surface area contributed by atoms with Crippen LogP contribution in [0.1, 0.15) is 50.6 Å². The number of aromatic nitrogens is 1. The highest BCUT2D eigenvalue weighted by Crippen LogP contribution is 2.35. The van der Waals surface area contributed by atoms with Crippen LogP contribution in [-0.2, 0) is 0 Å². The third-order valence-electron chi connectivity index (χ3n) is 3.81. The number of hydrogen-bond donors (Lipinski definition) is 1. The van der Waals surface area contributed by atoms with E-state index in [2.05, 4.69) is 23.3 Å². The van der Waals surface area contributed by atoms with Crippen molar-refractivity contribution in [3.8, 4) is 5.75 Å². The quantitative estimate of drug-likeness (QED) is 0.803. The molecular weight excluding hydrogens is 224 g/mol. The molecule has 0 spiro atoms. The lowest BCUT2D eigenvalue weighted by molar-refractivity contribution is 0.260. The van der Waals surface area contributed by atoms with E-state index in [1.165, 1.54) is 37.7 Å². The van der Waals surface area contributed by atoms with E-state index < -0.39 is 0 Å². The smallest absolute Gasteiger partial charge is 0.137 e. The standard InChI is InChI=1S/C15H24N2O/c1-3-7-17-15(8-12-5-4-6-12)13-9-14(18-2)11-16-10-13/h9-12,15,17H,3-8H2,1-2H3. The first-order chi connectivity index (χ1) is 8.83. The lowest BCUT2D eigenvalue weighted by Crippen LogP contribution is -2.26. The van der Waals surface area contributed by atoms with Crippen molar-refractivity contribution in [3.63, 3.8) is 0 Å². The first-order valence-electron chi connectivity index (χ1n) is 7.05. The summed E-state index contributed by atoms with van der Waals surface area (Å²) in [6.45, 7) is 3.27. The molecule has 18 heavy (non-hydrogen) atoms. The van der Waals surface area contributed by atoms with Gasteiger partial charge in [-0.05, 0) is 36.9 Å². The number of methoxy groups -OCH3 is 1. The molecule has 3 nitrogen and oxygen atoms in total. The fraction of sp³-hybridized carbons (Fsp3) is 0.667. The van der Waals surface area contributed by atoms with Gasteiger partial charge in [0.15, 0.2) is 0 Å². The number of nitrogens with zero attached hydrogens (tertiary/aromatic N) is 1. The largest absolute Gasteiger partial charge is 0.495 e. The van der Waals surface area contributed by atoms with E-state index in [0.29, 0.717) is 6.04 Å². The second-order valence-corrected chi connectivity index (χ2v) is 5.20. The summed E-state index contributed by atoms with van der Waals surface area (Å²) >= 11 is 0. The summed E-state index contributed by atoms with van der Waals surface area (Å²) in [6, 6.07) is 2.54. The van der Waals surface area contributed by atoms with Gasteiger partial charge < -0.3 is 10.1 Å². The van der Waals surface area contributed by atoms with Crippen molar-refractivity contribution in [2.75, 3.05) is 13.7 Å². The molecule has 0 aromatic carbocycles. The van der Waals surface area contributed by atoms with Crippen LogP contribution in [0.5, 0.6) is 5.75 Å². The van der Waals surface area contributed by atoms with E-state index in [1.807, 2.05) is 6.20 Å². The van der Waals surface area contributed by atoms with Crippen LogP contribution in [0.4, 0.5) is 0 Å². The third kappa shape index (κ3) is 3.45. The van der Waals surface area contributed by atoms with Gasteiger partial charge in [-0.2, -0.15) is 0 Å². The molecule has 1 heterocycles. The van der Waals surface area contributed by atoms with Gasteiger partial charge in [0.2, 0.25) is 0 Å². The second-order valence-electron chi connectivity index (χ2n) is 5.20. The fourth-order valence-electron chi connectivity index (χ4n) is 2.46. The van der Waals surface area contributed by atoms with Crippen LogP contribution >= 0.6 is 0 Å². The number of nitrogens with one attached hydrogen (secondary N) is 1. The van der Waals surface area contributed by atoms with Crippen molar-refractivity contribution in [1.29, 1.82) is 0 Å². The fourth-order valence-corrected chi connectivity index (χ4v) is 2.46. The molecular formula is C15H24N2O. The average Bonchev–Trinajstić information content (AvgIpc) is 2.37. The summed E-state index contributed by atoms with van der Waals surface area (Å²) in [6.07, 6.45) is 10.3. The van der Waals surface area contributed by atoms with Gasteiger partial charge >= 0.3 is 0 Å². The molecule has 1 fully saturated rings. The second kappa shape index (κ2) is 6.74. The van der Waals surface area contributed by atoms with E-state index in [-0.39, 0.29) is 0 Å². The molecule has 0 aliphatic heterocycles. The van der Waals surface area contributed by atoms with E-state index >= 15 is 0 Å². The normalized spacial score (nSPS) is 17.2. The van der Waals surface area contributed by atoms with Crippen LogP contribution in [0.25, 0.3) is 0 Å². The number of hydrogen-bond acceptors (Lipinski definition) is 3. The Labute approximate surface area is 110 Å². The Morgan fingerprint density at radius 2 is 2.28 bits per heavy atom. The Morgan fingerprint density at radius 1 is 1.44 bits per heavy atom. The molecule has 1 aliphatic carbocycles. The minimum Gasteiger partial charge on any atom is -0.495 e. The summed E-state index contributed by atoms with van der Waals surface area (Å²) in [7, 11) is 1.70. The molecule has 2 rings (SSSR count). The van der Waals surface area contributed by atoms with Gasteiger partial charge in [0.1, 0.15) is 5.75 Å². The SMILES string of the molecule is CCCNC(CC1CCC1)c1cncc(OC)c1. The Bertz CT molecular complexity index is 363. The highest BCUT2D eigenvalue weighted by molar-refractivity contribution is 5.26. The number of rotatable bonds is 7. The molecule has 100 valence electrons. The van der Waals surface area contributed by atoms with Crippen LogP contribution in [0.2, 0.25) is 0 Å². The maximum absolute atomic E-state index is 5.26. The summed E-state index contributed by atoms with van der Waals surface area (Å²) in [5, 5.41) is 3.64. The molecule has 0 bridgehead atoms. The minimum absolute atomic E-state index is 0.429. The van der Waals surface area contributed by atoms with Crippen LogP contribution in [-0.4, -0.2) is 18.6 Å². The Hall–Kier alpha value is -1.09. The Kier molecular flexibility index (Phi) is 5.00. The molecule has 1 N–H and O–H groups in total. The zero-order valence-electron chi connectivity index (χ0n) is 11.5. The molecule has 1 aromatic rings. The Morgan fingerprint density at radius 3 is 2.89 bits per heavy atom. The van der Waals surface area contributed by atoms with Gasteiger partial charge in [-0.25, -0.2) is 0 Å². The van der Waals surface area contributed by atoms with Crippen molar-refractivity contribution in [2.24, 2.45) is 5.92 Å². The first-order valence-corrected chi connectivity index (χ1v) is 7.05. The molecule has 1 unspecified atom stereocenters. The predicted molar refractivity (Wildman–Crippen MR) is 73.8 cm³/mol. The highest BCUT2D eigenvalue weighted by atomic mass is 16.5. The number of ether oxygens (including phenoxy) is 1. The summed E-state index contributed by atoms with van der Waals surface area (Å²) < 4.78 is 5.26. The summed E-state index contributed by atoms with van der Waals surface area (Å²) in [5.74, 6) is 1.75. The van der Waals surface area contributed by atoms with E-state index in [9.17, 15) is 0 Å². The predicted octanol–water partition coefficient (Wildman–Crippen LogP) is 3.32. The number of pyridine rings is 1. The molecule has 1 aromatic heterocycles. The molecule has 0 saturated heterocycles. The zero-order chi connectivity index (χ0) is 12.8. The zero-order valence-corrected chi connectivity index (χ0v) is 11.5. The average molecular weight is 248 g/mol. The van der Waals surface area contributed by atoms with Crippen LogP contribution in [0.15, 0.2) is 18.5 Å². The van der Waals surface area contributed by atoms with Gasteiger partial charge in [0.05, 0.1) is 13.3 Å². The summed E-state index contributed by atoms with van der Waals surface area (Å²) in [4.78, 5) is 4.27. The van der Waals surface area contributed by atoms with Crippen molar-refractivity contribution in [3.05, 3.63) is 24.0 Å².